The summed E-state index contributed by atoms with van der Waals surface area (Å²) >= 11 is 6.65. The Hall–Kier alpha value is -3.70. The number of rotatable bonds is 4. The first-order valence-electron chi connectivity index (χ1n) is 11.0. The van der Waals surface area contributed by atoms with Crippen LogP contribution in [0.5, 0.6) is 5.75 Å². The molecular formula is C27H24ClN3O2. The fraction of sp³-hybridized carbons (Fsp3) is 0.148. The topological polar surface area (TPSA) is 46.5 Å². The van der Waals surface area contributed by atoms with E-state index in [1.165, 1.54) is 0 Å². The molecule has 5 rings (SSSR count). The molecule has 5 nitrogen and oxygen atoms in total. The number of halogens is 1. The molecule has 33 heavy (non-hydrogen) atoms. The summed E-state index contributed by atoms with van der Waals surface area (Å²) in [4.78, 5) is 15.5. The highest BCUT2D eigenvalue weighted by Crippen LogP contribution is 2.39. The van der Waals surface area contributed by atoms with Crippen molar-refractivity contribution in [3.05, 3.63) is 113 Å². The normalized spacial score (nSPS) is 14.7. The summed E-state index contributed by atoms with van der Waals surface area (Å²) in [5, 5.41) is 3.69. The van der Waals surface area contributed by atoms with Crippen molar-refractivity contribution in [2.45, 2.75) is 19.5 Å². The van der Waals surface area contributed by atoms with Crippen molar-refractivity contribution in [2.75, 3.05) is 11.9 Å². The maximum atomic E-state index is 13.7. The summed E-state index contributed by atoms with van der Waals surface area (Å²) in [6.45, 7) is 2.98. The maximum absolute atomic E-state index is 13.7. The molecule has 0 aliphatic carbocycles. The number of ether oxygens (including phenoxy) is 1. The molecule has 0 bridgehead atoms. The molecule has 1 atom stereocenters. The molecule has 1 aliphatic rings. The van der Waals surface area contributed by atoms with Gasteiger partial charge in [0.15, 0.2) is 0 Å². The molecule has 166 valence electrons. The van der Waals surface area contributed by atoms with E-state index >= 15 is 0 Å². The summed E-state index contributed by atoms with van der Waals surface area (Å²) in [6.07, 6.45) is 2.03. The van der Waals surface area contributed by atoms with Gasteiger partial charge in [-0.15, -0.1) is 0 Å². The number of carbonyl (C=O) groups excluding carboxylic acids is 1. The molecule has 0 saturated carbocycles. The van der Waals surface area contributed by atoms with Crippen LogP contribution in [-0.2, 0) is 6.54 Å². The Morgan fingerprint density at radius 2 is 1.76 bits per heavy atom. The predicted molar refractivity (Wildman–Crippen MR) is 131 cm³/mol. The van der Waals surface area contributed by atoms with Crippen LogP contribution in [-0.4, -0.2) is 22.1 Å². The van der Waals surface area contributed by atoms with Crippen LogP contribution in [0.1, 0.15) is 29.8 Å². The average molecular weight is 458 g/mol. The van der Waals surface area contributed by atoms with Crippen LogP contribution in [0, 0.1) is 0 Å². The zero-order chi connectivity index (χ0) is 22.8. The van der Waals surface area contributed by atoms with Gasteiger partial charge in [-0.1, -0.05) is 48.0 Å². The number of hydrogen-bond donors (Lipinski definition) is 1. The molecule has 3 aromatic carbocycles. The molecule has 0 radical (unpaired) electrons. The first-order valence-corrected chi connectivity index (χ1v) is 11.3. The maximum Gasteiger partial charge on any atom is 0.322 e. The van der Waals surface area contributed by atoms with Crippen molar-refractivity contribution in [1.82, 2.24) is 9.47 Å². The third-order valence-corrected chi connectivity index (χ3v) is 6.19. The Bertz CT molecular complexity index is 1280. The highest BCUT2D eigenvalue weighted by Gasteiger charge is 2.34. The smallest absolute Gasteiger partial charge is 0.322 e. The molecule has 1 aromatic heterocycles. The second kappa shape index (κ2) is 9.04. The van der Waals surface area contributed by atoms with Gasteiger partial charge in [0.25, 0.3) is 0 Å². The van der Waals surface area contributed by atoms with Gasteiger partial charge in [0, 0.05) is 16.9 Å². The number of amides is 2. The minimum absolute atomic E-state index is 0.200. The fourth-order valence-corrected chi connectivity index (χ4v) is 4.60. The van der Waals surface area contributed by atoms with Gasteiger partial charge in [0.05, 0.1) is 24.5 Å². The number of carbonyl (C=O) groups is 1. The van der Waals surface area contributed by atoms with Crippen LogP contribution in [0.15, 0.2) is 91.1 Å². The summed E-state index contributed by atoms with van der Waals surface area (Å²) in [5.74, 6) is 0.769. The van der Waals surface area contributed by atoms with E-state index in [2.05, 4.69) is 22.0 Å². The van der Waals surface area contributed by atoms with Crippen LogP contribution in [0.3, 0.4) is 0 Å². The van der Waals surface area contributed by atoms with Crippen molar-refractivity contribution >= 4 is 23.3 Å². The standard InChI is InChI=1S/C27H24ClN3O2/c1-2-33-21-15-13-20(14-16-21)29-27(32)31-18-19-8-3-6-11-24(19)30-17-7-12-25(30)26(31)22-9-4-5-10-23(22)28/h3-17,26H,2,18H2,1H3,(H,29,32)/t26-/m1/s1. The Balaban J connectivity index is 1.57. The van der Waals surface area contributed by atoms with Gasteiger partial charge < -0.3 is 19.5 Å². The molecule has 2 amide bonds. The Morgan fingerprint density at radius 3 is 2.55 bits per heavy atom. The number of benzene rings is 3. The monoisotopic (exact) mass is 457 g/mol. The molecular weight excluding hydrogens is 434 g/mol. The molecule has 0 fully saturated rings. The second-order valence-electron chi connectivity index (χ2n) is 7.87. The number of nitrogens with zero attached hydrogens (tertiary/aromatic N) is 2. The Labute approximate surface area is 198 Å². The van der Waals surface area contributed by atoms with Crippen LogP contribution in [0.4, 0.5) is 10.5 Å². The number of hydrogen-bond acceptors (Lipinski definition) is 2. The van der Waals surface area contributed by atoms with E-state index in [1.54, 1.807) is 0 Å². The number of nitrogens with one attached hydrogen (secondary N) is 1. The van der Waals surface area contributed by atoms with Crippen LogP contribution < -0.4 is 10.1 Å². The van der Waals surface area contributed by atoms with Gasteiger partial charge in [-0.3, -0.25) is 0 Å². The van der Waals surface area contributed by atoms with E-state index in [0.717, 1.165) is 28.3 Å². The molecule has 1 aliphatic heterocycles. The SMILES string of the molecule is CCOc1ccc(NC(=O)N2Cc3ccccc3-n3cccc3[C@H]2c2ccccc2Cl)cc1. The first-order chi connectivity index (χ1) is 16.2. The van der Waals surface area contributed by atoms with Crippen LogP contribution >= 0.6 is 11.6 Å². The molecule has 0 saturated heterocycles. The molecule has 0 spiro atoms. The third-order valence-electron chi connectivity index (χ3n) is 5.84. The molecule has 0 unspecified atom stereocenters. The fourth-order valence-electron chi connectivity index (χ4n) is 4.36. The number of anilines is 1. The average Bonchev–Trinajstić information content (AvgIpc) is 3.26. The van der Waals surface area contributed by atoms with Crippen molar-refractivity contribution in [3.8, 4) is 11.4 Å². The zero-order valence-corrected chi connectivity index (χ0v) is 19.0. The summed E-state index contributed by atoms with van der Waals surface area (Å²) in [7, 11) is 0. The lowest BCUT2D eigenvalue weighted by Crippen LogP contribution is -2.38. The number of urea groups is 1. The summed E-state index contributed by atoms with van der Waals surface area (Å²) < 4.78 is 7.66. The quantitative estimate of drug-likeness (QED) is 0.372. The number of aromatic nitrogens is 1. The Kier molecular flexibility index (Phi) is 5.80. The van der Waals surface area contributed by atoms with E-state index in [1.807, 2.05) is 90.8 Å². The van der Waals surface area contributed by atoms with Crippen molar-refractivity contribution in [3.63, 3.8) is 0 Å². The lowest BCUT2D eigenvalue weighted by Gasteiger charge is -2.31. The highest BCUT2D eigenvalue weighted by molar-refractivity contribution is 6.31. The lowest BCUT2D eigenvalue weighted by atomic mass is 10.0. The zero-order valence-electron chi connectivity index (χ0n) is 18.2. The minimum atomic E-state index is -0.358. The summed E-state index contributed by atoms with van der Waals surface area (Å²) in [5.41, 5.74) is 4.69. The molecule has 6 heteroatoms. The van der Waals surface area contributed by atoms with Crippen molar-refractivity contribution in [2.24, 2.45) is 0 Å². The van der Waals surface area contributed by atoms with Crippen LogP contribution in [0.25, 0.3) is 5.69 Å². The van der Waals surface area contributed by atoms with E-state index in [4.69, 9.17) is 16.3 Å². The lowest BCUT2D eigenvalue weighted by molar-refractivity contribution is 0.194. The number of fused-ring (bicyclic) bond motifs is 3. The van der Waals surface area contributed by atoms with Crippen molar-refractivity contribution in [1.29, 1.82) is 0 Å². The van der Waals surface area contributed by atoms with Gasteiger partial charge in [-0.05, 0) is 66.6 Å². The third kappa shape index (κ3) is 4.08. The van der Waals surface area contributed by atoms with Gasteiger partial charge in [0.1, 0.15) is 11.8 Å². The van der Waals surface area contributed by atoms with E-state index in [0.29, 0.717) is 23.9 Å². The van der Waals surface area contributed by atoms with E-state index < -0.39 is 0 Å². The van der Waals surface area contributed by atoms with Gasteiger partial charge in [-0.25, -0.2) is 4.79 Å². The Morgan fingerprint density at radius 1 is 1.00 bits per heavy atom. The van der Waals surface area contributed by atoms with Gasteiger partial charge in [0.2, 0.25) is 0 Å². The largest absolute Gasteiger partial charge is 0.494 e. The molecule has 4 aromatic rings. The van der Waals surface area contributed by atoms with Crippen LogP contribution in [0.2, 0.25) is 5.02 Å². The van der Waals surface area contributed by atoms with E-state index in [-0.39, 0.29) is 12.1 Å². The minimum Gasteiger partial charge on any atom is -0.494 e. The molecule has 2 heterocycles. The van der Waals surface area contributed by atoms with Gasteiger partial charge >= 0.3 is 6.03 Å². The molecule has 1 N–H and O–H groups in total. The summed E-state index contributed by atoms with van der Waals surface area (Å²) in [6, 6.07) is 26.8. The second-order valence-corrected chi connectivity index (χ2v) is 8.28. The van der Waals surface area contributed by atoms with Gasteiger partial charge in [-0.2, -0.15) is 0 Å². The van der Waals surface area contributed by atoms with Crippen molar-refractivity contribution < 1.29 is 9.53 Å². The highest BCUT2D eigenvalue weighted by atomic mass is 35.5. The van der Waals surface area contributed by atoms with E-state index in [9.17, 15) is 4.79 Å². The first kappa shape index (κ1) is 21.2. The number of para-hydroxylation sites is 1. The predicted octanol–water partition coefficient (Wildman–Crippen LogP) is 6.67.